The highest BCUT2D eigenvalue weighted by Gasteiger charge is 2.26. The highest BCUT2D eigenvalue weighted by Crippen LogP contribution is 2.14. The molecule has 3 nitrogen and oxygen atoms in total. The average molecular weight is 276 g/mol. The van der Waals surface area contributed by atoms with E-state index >= 15 is 0 Å². The molecule has 1 fully saturated rings. The number of methoxy groups -OCH3 is 1. The molecule has 1 N–H and O–H groups in total. The Kier molecular flexibility index (Phi) is 6.51. The Morgan fingerprint density at radius 3 is 2.80 bits per heavy atom. The van der Waals surface area contributed by atoms with Crippen LogP contribution < -0.4 is 5.32 Å². The molecule has 0 aromatic heterocycles. The van der Waals surface area contributed by atoms with Crippen LogP contribution in [-0.4, -0.2) is 50.3 Å². The zero-order valence-electron chi connectivity index (χ0n) is 12.8. The van der Waals surface area contributed by atoms with Gasteiger partial charge in [-0.05, 0) is 24.8 Å². The SMILES string of the molecule is CCC1CNC(Cc2ccccc2)CN1CCCOC. The lowest BCUT2D eigenvalue weighted by molar-refractivity contribution is 0.107. The Labute approximate surface area is 123 Å². The predicted molar refractivity (Wildman–Crippen MR) is 84.1 cm³/mol. The first-order chi connectivity index (χ1) is 9.83. The summed E-state index contributed by atoms with van der Waals surface area (Å²) < 4.78 is 5.18. The van der Waals surface area contributed by atoms with Crippen molar-refractivity contribution in [1.82, 2.24) is 10.2 Å². The third kappa shape index (κ3) is 4.58. The van der Waals surface area contributed by atoms with Crippen molar-refractivity contribution in [2.75, 3.05) is 33.4 Å². The molecule has 0 saturated carbocycles. The summed E-state index contributed by atoms with van der Waals surface area (Å²) in [6.07, 6.45) is 3.47. The van der Waals surface area contributed by atoms with E-state index in [9.17, 15) is 0 Å². The number of nitrogens with one attached hydrogen (secondary N) is 1. The number of hydrogen-bond acceptors (Lipinski definition) is 3. The number of hydrogen-bond donors (Lipinski definition) is 1. The van der Waals surface area contributed by atoms with Gasteiger partial charge in [-0.2, -0.15) is 0 Å². The normalized spacial score (nSPS) is 23.9. The lowest BCUT2D eigenvalue weighted by Gasteiger charge is -2.40. The van der Waals surface area contributed by atoms with Gasteiger partial charge >= 0.3 is 0 Å². The highest BCUT2D eigenvalue weighted by molar-refractivity contribution is 5.16. The molecule has 2 atom stereocenters. The monoisotopic (exact) mass is 276 g/mol. The Morgan fingerprint density at radius 1 is 1.30 bits per heavy atom. The van der Waals surface area contributed by atoms with Gasteiger partial charge in [0.15, 0.2) is 0 Å². The minimum atomic E-state index is 0.572. The third-order valence-electron chi connectivity index (χ3n) is 4.20. The number of benzene rings is 1. The Morgan fingerprint density at radius 2 is 2.10 bits per heavy atom. The van der Waals surface area contributed by atoms with Gasteiger partial charge in [-0.25, -0.2) is 0 Å². The molecule has 0 bridgehead atoms. The van der Waals surface area contributed by atoms with E-state index in [1.807, 2.05) is 0 Å². The third-order valence-corrected chi connectivity index (χ3v) is 4.20. The maximum Gasteiger partial charge on any atom is 0.0474 e. The molecule has 20 heavy (non-hydrogen) atoms. The van der Waals surface area contributed by atoms with Crippen LogP contribution in [0, 0.1) is 0 Å². The molecule has 0 aliphatic carbocycles. The quantitative estimate of drug-likeness (QED) is 0.774. The van der Waals surface area contributed by atoms with E-state index in [-0.39, 0.29) is 0 Å². The number of nitrogens with zero attached hydrogens (tertiary/aromatic N) is 1. The molecule has 3 heteroatoms. The maximum absolute atomic E-state index is 5.18. The van der Waals surface area contributed by atoms with Gasteiger partial charge in [0.05, 0.1) is 0 Å². The molecule has 0 radical (unpaired) electrons. The molecular weight excluding hydrogens is 248 g/mol. The van der Waals surface area contributed by atoms with Crippen LogP contribution in [0.15, 0.2) is 30.3 Å². The van der Waals surface area contributed by atoms with E-state index in [2.05, 4.69) is 47.5 Å². The van der Waals surface area contributed by atoms with Crippen molar-refractivity contribution in [2.24, 2.45) is 0 Å². The first kappa shape index (κ1) is 15.5. The van der Waals surface area contributed by atoms with Crippen LogP contribution in [-0.2, 0) is 11.2 Å². The molecule has 1 aromatic carbocycles. The van der Waals surface area contributed by atoms with Gasteiger partial charge in [0, 0.05) is 45.4 Å². The van der Waals surface area contributed by atoms with Gasteiger partial charge in [0.2, 0.25) is 0 Å². The molecule has 1 aliphatic heterocycles. The van der Waals surface area contributed by atoms with Gasteiger partial charge in [0.1, 0.15) is 0 Å². The standard InChI is InChI=1S/C17H28N2O/c1-3-17-13-18-16(12-15-8-5-4-6-9-15)14-19(17)10-7-11-20-2/h4-6,8-9,16-18H,3,7,10-14H2,1-2H3. The minimum absolute atomic E-state index is 0.572. The average Bonchev–Trinajstić information content (AvgIpc) is 2.49. The van der Waals surface area contributed by atoms with Crippen LogP contribution in [0.5, 0.6) is 0 Å². The number of ether oxygens (including phenoxy) is 1. The van der Waals surface area contributed by atoms with Crippen molar-refractivity contribution >= 4 is 0 Å². The summed E-state index contributed by atoms with van der Waals surface area (Å²) in [5, 5.41) is 3.72. The minimum Gasteiger partial charge on any atom is -0.385 e. The van der Waals surface area contributed by atoms with Crippen molar-refractivity contribution < 1.29 is 4.74 Å². The summed E-state index contributed by atoms with van der Waals surface area (Å²) in [6.45, 7) is 6.56. The summed E-state index contributed by atoms with van der Waals surface area (Å²) >= 11 is 0. The fourth-order valence-electron chi connectivity index (χ4n) is 3.05. The molecule has 1 saturated heterocycles. The van der Waals surface area contributed by atoms with Crippen molar-refractivity contribution in [2.45, 2.75) is 38.3 Å². The lowest BCUT2D eigenvalue weighted by Crippen LogP contribution is -2.57. The van der Waals surface area contributed by atoms with Crippen LogP contribution >= 0.6 is 0 Å². The molecule has 0 spiro atoms. The summed E-state index contributed by atoms with van der Waals surface area (Å²) in [5.74, 6) is 0. The fourth-order valence-corrected chi connectivity index (χ4v) is 3.05. The van der Waals surface area contributed by atoms with Crippen LogP contribution in [0.4, 0.5) is 0 Å². The maximum atomic E-state index is 5.18. The molecular formula is C17H28N2O. The summed E-state index contributed by atoms with van der Waals surface area (Å²) in [4.78, 5) is 2.64. The van der Waals surface area contributed by atoms with Gasteiger partial charge < -0.3 is 10.1 Å². The highest BCUT2D eigenvalue weighted by atomic mass is 16.5. The van der Waals surface area contributed by atoms with Crippen molar-refractivity contribution in [3.05, 3.63) is 35.9 Å². The van der Waals surface area contributed by atoms with E-state index in [0.717, 1.165) is 39.1 Å². The molecule has 0 amide bonds. The van der Waals surface area contributed by atoms with Gasteiger partial charge in [-0.15, -0.1) is 0 Å². The van der Waals surface area contributed by atoms with Crippen LogP contribution in [0.3, 0.4) is 0 Å². The van der Waals surface area contributed by atoms with E-state index in [4.69, 9.17) is 4.74 Å². The second-order valence-corrected chi connectivity index (χ2v) is 5.70. The smallest absolute Gasteiger partial charge is 0.0474 e. The van der Waals surface area contributed by atoms with Gasteiger partial charge in [0.25, 0.3) is 0 Å². The molecule has 2 rings (SSSR count). The first-order valence-corrected chi connectivity index (χ1v) is 7.83. The van der Waals surface area contributed by atoms with E-state index in [1.54, 1.807) is 7.11 Å². The van der Waals surface area contributed by atoms with E-state index in [0.29, 0.717) is 12.1 Å². The molecule has 1 aliphatic rings. The molecule has 1 heterocycles. The second-order valence-electron chi connectivity index (χ2n) is 5.70. The van der Waals surface area contributed by atoms with Gasteiger partial charge in [-0.3, -0.25) is 4.90 Å². The van der Waals surface area contributed by atoms with Crippen LogP contribution in [0.1, 0.15) is 25.3 Å². The van der Waals surface area contributed by atoms with E-state index < -0.39 is 0 Å². The van der Waals surface area contributed by atoms with Crippen LogP contribution in [0.25, 0.3) is 0 Å². The Hall–Kier alpha value is -0.900. The zero-order chi connectivity index (χ0) is 14.2. The lowest BCUT2D eigenvalue weighted by atomic mass is 10.0. The zero-order valence-corrected chi connectivity index (χ0v) is 12.8. The predicted octanol–water partition coefficient (Wildman–Crippen LogP) is 2.32. The first-order valence-electron chi connectivity index (χ1n) is 7.83. The second kappa shape index (κ2) is 8.40. The van der Waals surface area contributed by atoms with Crippen LogP contribution in [0.2, 0.25) is 0 Å². The van der Waals surface area contributed by atoms with E-state index in [1.165, 1.54) is 12.0 Å². The number of rotatable bonds is 7. The molecule has 2 unspecified atom stereocenters. The summed E-state index contributed by atoms with van der Waals surface area (Å²) in [6, 6.07) is 12.0. The summed E-state index contributed by atoms with van der Waals surface area (Å²) in [5.41, 5.74) is 1.43. The van der Waals surface area contributed by atoms with Crippen molar-refractivity contribution in [3.63, 3.8) is 0 Å². The molecule has 1 aromatic rings. The van der Waals surface area contributed by atoms with Gasteiger partial charge in [-0.1, -0.05) is 37.3 Å². The van der Waals surface area contributed by atoms with Crippen molar-refractivity contribution in [3.8, 4) is 0 Å². The topological polar surface area (TPSA) is 24.5 Å². The largest absolute Gasteiger partial charge is 0.385 e. The van der Waals surface area contributed by atoms with Crippen molar-refractivity contribution in [1.29, 1.82) is 0 Å². The summed E-state index contributed by atoms with van der Waals surface area (Å²) in [7, 11) is 1.78. The Balaban J connectivity index is 1.86. The number of piperazine rings is 1. The molecule has 112 valence electrons. The Bertz CT molecular complexity index is 369. The fraction of sp³-hybridized carbons (Fsp3) is 0.647.